The van der Waals surface area contributed by atoms with Crippen LogP contribution >= 0.6 is 0 Å². The Morgan fingerprint density at radius 3 is 2.67 bits per heavy atom. The first kappa shape index (κ1) is 16.9. The quantitative estimate of drug-likeness (QED) is 0.609. The largest absolute Gasteiger partial charge is 0.490 e. The molecule has 116 valence electrons. The number of hydrogen-bond acceptors (Lipinski definition) is 5. The Bertz CT molecular complexity index is 517. The number of nitrogens with one attached hydrogen (secondary N) is 1. The van der Waals surface area contributed by atoms with Crippen LogP contribution in [0.15, 0.2) is 18.2 Å². The van der Waals surface area contributed by atoms with Crippen LogP contribution in [0, 0.1) is 16.0 Å². The van der Waals surface area contributed by atoms with E-state index in [9.17, 15) is 14.9 Å². The standard InChI is InChI=1S/C14H21N3O4/c1-10(9-16(2)3)8-15-14(18)11-5-6-13(21-4)12(7-11)17(19)20/h5-7,10H,8-9H2,1-4H3,(H,15,18)/t10-/m0/s1. The molecule has 0 heterocycles. The molecule has 7 heteroatoms. The van der Waals surface area contributed by atoms with Gasteiger partial charge in [0.25, 0.3) is 5.91 Å². The van der Waals surface area contributed by atoms with Crippen LogP contribution in [0.2, 0.25) is 0 Å². The second kappa shape index (κ2) is 7.58. The Hall–Kier alpha value is -2.15. The first-order valence-electron chi connectivity index (χ1n) is 6.60. The second-order valence-electron chi connectivity index (χ2n) is 5.22. The fourth-order valence-corrected chi connectivity index (χ4v) is 2.03. The molecule has 0 bridgehead atoms. The lowest BCUT2D eigenvalue weighted by atomic mass is 10.1. The summed E-state index contributed by atoms with van der Waals surface area (Å²) < 4.78 is 4.90. The van der Waals surface area contributed by atoms with Crippen molar-refractivity contribution in [3.8, 4) is 5.75 Å². The highest BCUT2D eigenvalue weighted by atomic mass is 16.6. The van der Waals surface area contributed by atoms with Gasteiger partial charge in [-0.2, -0.15) is 0 Å². The average molecular weight is 295 g/mol. The van der Waals surface area contributed by atoms with Crippen molar-refractivity contribution in [2.24, 2.45) is 5.92 Å². The lowest BCUT2D eigenvalue weighted by Crippen LogP contribution is -2.32. The fraction of sp³-hybridized carbons (Fsp3) is 0.500. The molecule has 1 N–H and O–H groups in total. The van der Waals surface area contributed by atoms with Gasteiger partial charge in [-0.15, -0.1) is 0 Å². The number of hydrogen-bond donors (Lipinski definition) is 1. The van der Waals surface area contributed by atoms with Gasteiger partial charge in [0.15, 0.2) is 5.75 Å². The van der Waals surface area contributed by atoms with E-state index in [1.54, 1.807) is 0 Å². The van der Waals surface area contributed by atoms with Crippen LogP contribution in [0.4, 0.5) is 5.69 Å². The van der Waals surface area contributed by atoms with E-state index in [0.29, 0.717) is 6.54 Å². The van der Waals surface area contributed by atoms with E-state index < -0.39 is 4.92 Å². The number of nitro benzene ring substituents is 1. The molecule has 1 aromatic rings. The van der Waals surface area contributed by atoms with Gasteiger partial charge in [-0.25, -0.2) is 0 Å². The maximum Gasteiger partial charge on any atom is 0.311 e. The highest BCUT2D eigenvalue weighted by Gasteiger charge is 2.18. The van der Waals surface area contributed by atoms with E-state index in [2.05, 4.69) is 5.32 Å². The molecule has 1 atom stereocenters. The molecule has 1 amide bonds. The monoisotopic (exact) mass is 295 g/mol. The molecule has 0 aromatic heterocycles. The zero-order valence-corrected chi connectivity index (χ0v) is 12.8. The lowest BCUT2D eigenvalue weighted by molar-refractivity contribution is -0.385. The number of nitro groups is 1. The summed E-state index contributed by atoms with van der Waals surface area (Å²) in [4.78, 5) is 24.4. The van der Waals surface area contributed by atoms with Crippen molar-refractivity contribution >= 4 is 11.6 Å². The van der Waals surface area contributed by atoms with Gasteiger partial charge in [0.1, 0.15) is 0 Å². The predicted octanol–water partition coefficient (Wildman–Crippen LogP) is 1.53. The molecule has 1 rings (SSSR count). The van der Waals surface area contributed by atoms with Gasteiger partial charge in [-0.3, -0.25) is 14.9 Å². The second-order valence-corrected chi connectivity index (χ2v) is 5.22. The molecule has 0 aliphatic carbocycles. The number of ether oxygens (including phenoxy) is 1. The van der Waals surface area contributed by atoms with Crippen molar-refractivity contribution in [3.05, 3.63) is 33.9 Å². The number of rotatable bonds is 7. The molecule has 0 saturated heterocycles. The van der Waals surface area contributed by atoms with E-state index >= 15 is 0 Å². The molecule has 0 aliphatic heterocycles. The first-order valence-corrected chi connectivity index (χ1v) is 6.60. The predicted molar refractivity (Wildman–Crippen MR) is 79.7 cm³/mol. The van der Waals surface area contributed by atoms with E-state index in [1.807, 2.05) is 25.9 Å². The molecular formula is C14H21N3O4. The van der Waals surface area contributed by atoms with Crippen molar-refractivity contribution in [1.29, 1.82) is 0 Å². The minimum atomic E-state index is -0.565. The maximum atomic E-state index is 12.0. The summed E-state index contributed by atoms with van der Waals surface area (Å²) in [7, 11) is 5.28. The van der Waals surface area contributed by atoms with Crippen LogP contribution in [-0.2, 0) is 0 Å². The third-order valence-electron chi connectivity index (χ3n) is 2.93. The summed E-state index contributed by atoms with van der Waals surface area (Å²) in [5, 5.41) is 13.7. The summed E-state index contributed by atoms with van der Waals surface area (Å²) >= 11 is 0. The van der Waals surface area contributed by atoms with Gasteiger partial charge in [-0.1, -0.05) is 6.92 Å². The normalized spacial score (nSPS) is 12.0. The molecule has 0 saturated carbocycles. The highest BCUT2D eigenvalue weighted by Crippen LogP contribution is 2.27. The van der Waals surface area contributed by atoms with Crippen molar-refractivity contribution < 1.29 is 14.5 Å². The molecular weight excluding hydrogens is 274 g/mol. The molecule has 0 radical (unpaired) electrons. The Morgan fingerprint density at radius 2 is 2.14 bits per heavy atom. The molecule has 21 heavy (non-hydrogen) atoms. The van der Waals surface area contributed by atoms with Crippen LogP contribution in [0.5, 0.6) is 5.75 Å². The summed E-state index contributed by atoms with van der Waals surface area (Å²) in [6, 6.07) is 4.17. The summed E-state index contributed by atoms with van der Waals surface area (Å²) in [5.41, 5.74) is 0.0334. The minimum absolute atomic E-state index is 0.137. The van der Waals surface area contributed by atoms with Crippen LogP contribution in [-0.4, -0.2) is 50.0 Å². The Morgan fingerprint density at radius 1 is 1.48 bits per heavy atom. The van der Waals surface area contributed by atoms with Crippen LogP contribution in [0.3, 0.4) is 0 Å². The minimum Gasteiger partial charge on any atom is -0.490 e. The number of benzene rings is 1. The third-order valence-corrected chi connectivity index (χ3v) is 2.93. The SMILES string of the molecule is COc1ccc(C(=O)NC[C@H](C)CN(C)C)cc1[N+](=O)[O-]. The van der Waals surface area contributed by atoms with Gasteiger partial charge < -0.3 is 15.0 Å². The fourth-order valence-electron chi connectivity index (χ4n) is 2.03. The number of amides is 1. The number of methoxy groups -OCH3 is 1. The molecule has 0 spiro atoms. The summed E-state index contributed by atoms with van der Waals surface area (Å²) in [5.74, 6) is 0.0982. The molecule has 0 fully saturated rings. The van der Waals surface area contributed by atoms with Gasteiger partial charge in [0.2, 0.25) is 0 Å². The topological polar surface area (TPSA) is 84.7 Å². The smallest absolute Gasteiger partial charge is 0.311 e. The van der Waals surface area contributed by atoms with E-state index in [1.165, 1.54) is 25.3 Å². The molecule has 0 aliphatic rings. The first-order chi connectivity index (χ1) is 9.85. The Balaban J connectivity index is 2.75. The average Bonchev–Trinajstić information content (AvgIpc) is 2.43. The molecule has 0 unspecified atom stereocenters. The number of carbonyl (C=O) groups is 1. The molecule has 7 nitrogen and oxygen atoms in total. The van der Waals surface area contributed by atoms with Gasteiger partial charge in [-0.05, 0) is 32.1 Å². The zero-order chi connectivity index (χ0) is 16.0. The number of nitrogens with zero attached hydrogens (tertiary/aromatic N) is 2. The van der Waals surface area contributed by atoms with E-state index in [4.69, 9.17) is 4.74 Å². The lowest BCUT2D eigenvalue weighted by Gasteiger charge is -2.17. The highest BCUT2D eigenvalue weighted by molar-refractivity contribution is 5.95. The van der Waals surface area contributed by atoms with Gasteiger partial charge >= 0.3 is 5.69 Å². The summed E-state index contributed by atoms with van der Waals surface area (Å²) in [6.45, 7) is 3.39. The number of carbonyl (C=O) groups excluding carboxylic acids is 1. The van der Waals surface area contributed by atoms with Gasteiger partial charge in [0.05, 0.1) is 12.0 Å². The van der Waals surface area contributed by atoms with Crippen LogP contribution < -0.4 is 10.1 Å². The van der Waals surface area contributed by atoms with Crippen LogP contribution in [0.1, 0.15) is 17.3 Å². The van der Waals surface area contributed by atoms with Crippen molar-refractivity contribution in [2.45, 2.75) is 6.92 Å². The van der Waals surface area contributed by atoms with Crippen molar-refractivity contribution in [2.75, 3.05) is 34.3 Å². The maximum absolute atomic E-state index is 12.0. The Kier molecular flexibility index (Phi) is 6.10. The third kappa shape index (κ3) is 5.03. The van der Waals surface area contributed by atoms with E-state index in [-0.39, 0.29) is 28.8 Å². The van der Waals surface area contributed by atoms with Crippen molar-refractivity contribution in [3.63, 3.8) is 0 Å². The summed E-state index contributed by atoms with van der Waals surface area (Å²) in [6.07, 6.45) is 0. The van der Waals surface area contributed by atoms with E-state index in [0.717, 1.165) is 6.54 Å². The van der Waals surface area contributed by atoms with Crippen LogP contribution in [0.25, 0.3) is 0 Å². The zero-order valence-electron chi connectivity index (χ0n) is 12.8. The molecule has 1 aromatic carbocycles. The van der Waals surface area contributed by atoms with Gasteiger partial charge in [0, 0.05) is 24.7 Å². The van der Waals surface area contributed by atoms with Crippen molar-refractivity contribution in [1.82, 2.24) is 10.2 Å². The Labute approximate surface area is 124 Å².